The Kier molecular flexibility index (Phi) is 6.16. The van der Waals surface area contributed by atoms with Gasteiger partial charge in [0.25, 0.3) is 0 Å². The molecule has 1 fully saturated rings. The second-order valence-electron chi connectivity index (χ2n) is 7.14. The third-order valence-electron chi connectivity index (χ3n) is 5.02. The average molecular weight is 395 g/mol. The largest absolute Gasteiger partial charge is 0.495 e. The molecular weight excluding hydrogens is 370 g/mol. The number of benzene rings is 2. The SMILES string of the molecule is COc1ccccc1N1CC(C(=O)Nc2cccc(CN(C)C(C)=O)c2)CC1=O. The lowest BCUT2D eigenvalue weighted by Gasteiger charge is -2.19. The summed E-state index contributed by atoms with van der Waals surface area (Å²) in [4.78, 5) is 39.9. The van der Waals surface area contributed by atoms with Crippen LogP contribution in [-0.4, -0.2) is 43.3 Å². The summed E-state index contributed by atoms with van der Waals surface area (Å²) in [7, 11) is 3.28. The molecule has 3 rings (SSSR count). The summed E-state index contributed by atoms with van der Waals surface area (Å²) in [6.45, 7) is 2.27. The molecule has 1 aliphatic heterocycles. The van der Waals surface area contributed by atoms with E-state index in [0.29, 0.717) is 30.2 Å². The number of para-hydroxylation sites is 2. The number of hydrogen-bond acceptors (Lipinski definition) is 4. The number of nitrogens with zero attached hydrogens (tertiary/aromatic N) is 2. The van der Waals surface area contributed by atoms with Gasteiger partial charge in [-0.25, -0.2) is 0 Å². The third-order valence-corrected chi connectivity index (χ3v) is 5.02. The molecule has 0 aliphatic carbocycles. The highest BCUT2D eigenvalue weighted by Gasteiger charge is 2.36. The molecule has 3 amide bonds. The smallest absolute Gasteiger partial charge is 0.229 e. The van der Waals surface area contributed by atoms with E-state index in [-0.39, 0.29) is 24.1 Å². The fourth-order valence-corrected chi connectivity index (χ4v) is 3.35. The Bertz CT molecular complexity index is 928. The van der Waals surface area contributed by atoms with Crippen molar-refractivity contribution in [3.63, 3.8) is 0 Å². The van der Waals surface area contributed by atoms with Crippen LogP contribution in [0, 0.1) is 5.92 Å². The summed E-state index contributed by atoms with van der Waals surface area (Å²) < 4.78 is 5.34. The molecule has 1 aliphatic rings. The first-order chi connectivity index (χ1) is 13.9. The summed E-state index contributed by atoms with van der Waals surface area (Å²) in [5.74, 6) is -0.181. The van der Waals surface area contributed by atoms with Crippen LogP contribution in [0.3, 0.4) is 0 Å². The van der Waals surface area contributed by atoms with Gasteiger partial charge >= 0.3 is 0 Å². The maximum absolute atomic E-state index is 12.7. The van der Waals surface area contributed by atoms with E-state index < -0.39 is 5.92 Å². The van der Waals surface area contributed by atoms with E-state index in [1.807, 2.05) is 36.4 Å². The van der Waals surface area contributed by atoms with E-state index >= 15 is 0 Å². The summed E-state index contributed by atoms with van der Waals surface area (Å²) in [5, 5.41) is 2.90. The number of carbonyl (C=O) groups is 3. The molecule has 7 nitrogen and oxygen atoms in total. The van der Waals surface area contributed by atoms with E-state index in [0.717, 1.165) is 5.56 Å². The Morgan fingerprint density at radius 3 is 2.69 bits per heavy atom. The van der Waals surface area contributed by atoms with Crippen LogP contribution in [0.4, 0.5) is 11.4 Å². The number of anilines is 2. The number of methoxy groups -OCH3 is 1. The lowest BCUT2D eigenvalue weighted by atomic mass is 10.1. The average Bonchev–Trinajstić information content (AvgIpc) is 3.09. The first-order valence-corrected chi connectivity index (χ1v) is 9.44. The number of hydrogen-bond donors (Lipinski definition) is 1. The van der Waals surface area contributed by atoms with Gasteiger partial charge in [-0.2, -0.15) is 0 Å². The zero-order valence-corrected chi connectivity index (χ0v) is 16.8. The topological polar surface area (TPSA) is 79.0 Å². The molecule has 0 saturated carbocycles. The zero-order chi connectivity index (χ0) is 21.0. The van der Waals surface area contributed by atoms with Crippen molar-refractivity contribution in [2.75, 3.05) is 30.9 Å². The van der Waals surface area contributed by atoms with Crippen LogP contribution < -0.4 is 15.0 Å². The highest BCUT2D eigenvalue weighted by molar-refractivity contribution is 6.04. The molecule has 2 aromatic carbocycles. The molecule has 1 heterocycles. The number of carbonyl (C=O) groups excluding carboxylic acids is 3. The molecule has 2 aromatic rings. The number of nitrogens with one attached hydrogen (secondary N) is 1. The molecule has 1 N–H and O–H groups in total. The zero-order valence-electron chi connectivity index (χ0n) is 16.8. The Labute approximate surface area is 170 Å². The highest BCUT2D eigenvalue weighted by atomic mass is 16.5. The van der Waals surface area contributed by atoms with Crippen molar-refractivity contribution in [3.8, 4) is 5.75 Å². The summed E-state index contributed by atoms with van der Waals surface area (Å²) in [6.07, 6.45) is 0.149. The quantitative estimate of drug-likeness (QED) is 0.816. The van der Waals surface area contributed by atoms with Crippen molar-refractivity contribution in [3.05, 3.63) is 54.1 Å². The molecule has 1 atom stereocenters. The Morgan fingerprint density at radius 1 is 1.21 bits per heavy atom. The molecule has 7 heteroatoms. The van der Waals surface area contributed by atoms with Crippen LogP contribution in [0.5, 0.6) is 5.75 Å². The standard InChI is InChI=1S/C22H25N3O4/c1-15(26)24(2)13-16-7-6-8-18(11-16)23-22(28)17-12-21(27)25(14-17)19-9-4-5-10-20(19)29-3/h4-11,17H,12-14H2,1-3H3,(H,23,28). The van der Waals surface area contributed by atoms with Crippen LogP contribution in [0.2, 0.25) is 0 Å². The fourth-order valence-electron chi connectivity index (χ4n) is 3.35. The first-order valence-electron chi connectivity index (χ1n) is 9.44. The van der Waals surface area contributed by atoms with E-state index in [1.54, 1.807) is 36.1 Å². The summed E-state index contributed by atoms with van der Waals surface area (Å²) >= 11 is 0. The normalized spacial score (nSPS) is 15.9. The molecule has 1 saturated heterocycles. The van der Waals surface area contributed by atoms with Crippen LogP contribution in [0.1, 0.15) is 18.9 Å². The number of amides is 3. The third kappa shape index (κ3) is 4.74. The molecule has 0 spiro atoms. The van der Waals surface area contributed by atoms with Gasteiger partial charge in [0, 0.05) is 39.2 Å². The van der Waals surface area contributed by atoms with Gasteiger partial charge in [0.1, 0.15) is 5.75 Å². The second-order valence-corrected chi connectivity index (χ2v) is 7.14. The molecular formula is C22H25N3O4. The van der Waals surface area contributed by atoms with Crippen molar-refractivity contribution in [1.82, 2.24) is 4.90 Å². The monoisotopic (exact) mass is 395 g/mol. The van der Waals surface area contributed by atoms with Gasteiger partial charge in [0.2, 0.25) is 17.7 Å². The lowest BCUT2D eigenvalue weighted by Crippen LogP contribution is -2.28. The maximum atomic E-state index is 12.7. The molecule has 1 unspecified atom stereocenters. The highest BCUT2D eigenvalue weighted by Crippen LogP contribution is 2.33. The van der Waals surface area contributed by atoms with Gasteiger partial charge in [-0.15, -0.1) is 0 Å². The second kappa shape index (κ2) is 8.77. The predicted octanol–water partition coefficient (Wildman–Crippen LogP) is 2.67. The number of rotatable bonds is 6. The van der Waals surface area contributed by atoms with Crippen molar-refractivity contribution < 1.29 is 19.1 Å². The molecule has 0 aromatic heterocycles. The van der Waals surface area contributed by atoms with E-state index in [4.69, 9.17) is 4.74 Å². The summed E-state index contributed by atoms with van der Waals surface area (Å²) in [6, 6.07) is 14.6. The Hall–Kier alpha value is -3.35. The van der Waals surface area contributed by atoms with E-state index in [9.17, 15) is 14.4 Å². The molecule has 0 radical (unpaired) electrons. The molecule has 152 valence electrons. The molecule has 29 heavy (non-hydrogen) atoms. The van der Waals surface area contributed by atoms with Crippen molar-refractivity contribution in [2.45, 2.75) is 19.9 Å². The minimum atomic E-state index is -0.448. The predicted molar refractivity (Wildman–Crippen MR) is 111 cm³/mol. The van der Waals surface area contributed by atoms with Gasteiger partial charge in [-0.05, 0) is 29.8 Å². The lowest BCUT2D eigenvalue weighted by molar-refractivity contribution is -0.128. The van der Waals surface area contributed by atoms with E-state index in [2.05, 4.69) is 5.32 Å². The molecule has 0 bridgehead atoms. The van der Waals surface area contributed by atoms with Gasteiger partial charge in [-0.1, -0.05) is 24.3 Å². The van der Waals surface area contributed by atoms with Crippen molar-refractivity contribution in [2.24, 2.45) is 5.92 Å². The maximum Gasteiger partial charge on any atom is 0.229 e. The van der Waals surface area contributed by atoms with Crippen molar-refractivity contribution in [1.29, 1.82) is 0 Å². The van der Waals surface area contributed by atoms with Crippen molar-refractivity contribution >= 4 is 29.1 Å². The van der Waals surface area contributed by atoms with Gasteiger partial charge in [0.15, 0.2) is 0 Å². The first kappa shape index (κ1) is 20.4. The van der Waals surface area contributed by atoms with Crippen LogP contribution in [-0.2, 0) is 20.9 Å². The van der Waals surface area contributed by atoms with Crippen LogP contribution >= 0.6 is 0 Å². The van der Waals surface area contributed by atoms with E-state index in [1.165, 1.54) is 6.92 Å². The van der Waals surface area contributed by atoms with Crippen LogP contribution in [0.15, 0.2) is 48.5 Å². The summed E-state index contributed by atoms with van der Waals surface area (Å²) in [5.41, 5.74) is 2.23. The Morgan fingerprint density at radius 2 is 1.97 bits per heavy atom. The van der Waals surface area contributed by atoms with Crippen LogP contribution in [0.25, 0.3) is 0 Å². The van der Waals surface area contributed by atoms with Gasteiger partial charge in [-0.3, -0.25) is 14.4 Å². The Balaban J connectivity index is 1.68. The van der Waals surface area contributed by atoms with Gasteiger partial charge < -0.3 is 19.9 Å². The minimum Gasteiger partial charge on any atom is -0.495 e. The fraction of sp³-hybridized carbons (Fsp3) is 0.318. The minimum absolute atomic E-state index is 0.0275. The number of ether oxygens (including phenoxy) is 1. The van der Waals surface area contributed by atoms with Gasteiger partial charge in [0.05, 0.1) is 18.7 Å².